The van der Waals surface area contributed by atoms with Crippen molar-refractivity contribution in [2.24, 2.45) is 0 Å². The summed E-state index contributed by atoms with van der Waals surface area (Å²) in [5.41, 5.74) is 0. The fourth-order valence-corrected chi connectivity index (χ4v) is 1.42. The number of carbonyl (C=O) groups excluding carboxylic acids is 1. The van der Waals surface area contributed by atoms with Crippen LogP contribution in [0.3, 0.4) is 0 Å². The van der Waals surface area contributed by atoms with Gasteiger partial charge in [0, 0.05) is 26.6 Å². The average Bonchev–Trinajstić information content (AvgIpc) is 2.20. The molecule has 0 rings (SSSR count). The molecule has 0 fully saturated rings. The van der Waals surface area contributed by atoms with Crippen molar-refractivity contribution in [2.75, 3.05) is 20.6 Å². The highest BCUT2D eigenvalue weighted by Crippen LogP contribution is 2.00. The fourth-order valence-electron chi connectivity index (χ4n) is 1.42. The largest absolute Gasteiger partial charge is 0.349 e. The van der Waals surface area contributed by atoms with E-state index in [9.17, 15) is 4.79 Å². The minimum absolute atomic E-state index is 0.220. The van der Waals surface area contributed by atoms with Crippen molar-refractivity contribution in [3.8, 4) is 0 Å². The molecule has 0 bridgehead atoms. The first-order valence-electron chi connectivity index (χ1n) is 6.01. The Morgan fingerprint density at radius 2 is 2.00 bits per heavy atom. The molecule has 0 radical (unpaired) electrons. The Kier molecular flexibility index (Phi) is 8.38. The minimum atomic E-state index is 0.220. The zero-order valence-electron chi connectivity index (χ0n) is 10.7. The van der Waals surface area contributed by atoms with Crippen LogP contribution in [0.2, 0.25) is 0 Å². The van der Waals surface area contributed by atoms with Crippen LogP contribution in [0.4, 0.5) is 0 Å². The number of carbonyl (C=O) groups is 1. The molecule has 0 aliphatic carbocycles. The maximum atomic E-state index is 11.3. The van der Waals surface area contributed by atoms with Gasteiger partial charge in [-0.3, -0.25) is 4.79 Å². The van der Waals surface area contributed by atoms with E-state index in [1.165, 1.54) is 19.3 Å². The van der Waals surface area contributed by atoms with Crippen molar-refractivity contribution in [1.29, 1.82) is 0 Å². The second-order valence-corrected chi connectivity index (χ2v) is 4.39. The Morgan fingerprint density at radius 1 is 1.33 bits per heavy atom. The monoisotopic (exact) mass is 214 g/mol. The van der Waals surface area contributed by atoms with E-state index in [-0.39, 0.29) is 5.91 Å². The first-order chi connectivity index (χ1) is 7.07. The topological polar surface area (TPSA) is 32.3 Å². The number of rotatable bonds is 8. The molecule has 0 saturated heterocycles. The van der Waals surface area contributed by atoms with Crippen molar-refractivity contribution >= 4 is 5.91 Å². The van der Waals surface area contributed by atoms with E-state index in [0.29, 0.717) is 12.5 Å². The summed E-state index contributed by atoms with van der Waals surface area (Å²) >= 11 is 0. The van der Waals surface area contributed by atoms with E-state index < -0.39 is 0 Å². The SMILES string of the molecule is CCCCC(C)NCCCC(=O)N(C)C. The molecule has 0 aromatic heterocycles. The molecule has 1 N–H and O–H groups in total. The first kappa shape index (κ1) is 14.4. The fraction of sp³-hybridized carbons (Fsp3) is 0.917. The Labute approximate surface area is 94.2 Å². The van der Waals surface area contributed by atoms with Gasteiger partial charge in [-0.1, -0.05) is 19.8 Å². The maximum absolute atomic E-state index is 11.3. The van der Waals surface area contributed by atoms with Gasteiger partial charge in [0.15, 0.2) is 0 Å². The van der Waals surface area contributed by atoms with Crippen molar-refractivity contribution in [2.45, 2.75) is 52.0 Å². The molecular formula is C12H26N2O. The zero-order chi connectivity index (χ0) is 11.7. The number of hydrogen-bond donors (Lipinski definition) is 1. The van der Waals surface area contributed by atoms with Crippen LogP contribution in [0.5, 0.6) is 0 Å². The van der Waals surface area contributed by atoms with E-state index in [1.807, 2.05) is 0 Å². The molecule has 0 aromatic rings. The van der Waals surface area contributed by atoms with Crippen molar-refractivity contribution in [1.82, 2.24) is 10.2 Å². The molecule has 1 atom stereocenters. The summed E-state index contributed by atoms with van der Waals surface area (Å²) < 4.78 is 0. The Balaban J connectivity index is 3.34. The van der Waals surface area contributed by atoms with Gasteiger partial charge >= 0.3 is 0 Å². The Morgan fingerprint density at radius 3 is 2.53 bits per heavy atom. The normalized spacial score (nSPS) is 12.5. The molecule has 0 aliphatic heterocycles. The van der Waals surface area contributed by atoms with E-state index >= 15 is 0 Å². The van der Waals surface area contributed by atoms with Crippen LogP contribution >= 0.6 is 0 Å². The standard InChI is InChI=1S/C12H26N2O/c1-5-6-8-11(2)13-10-7-9-12(15)14(3)4/h11,13H,5-10H2,1-4H3. The third-order valence-corrected chi connectivity index (χ3v) is 2.55. The predicted molar refractivity (Wildman–Crippen MR) is 64.9 cm³/mol. The van der Waals surface area contributed by atoms with E-state index in [2.05, 4.69) is 19.2 Å². The van der Waals surface area contributed by atoms with Crippen LogP contribution in [0.25, 0.3) is 0 Å². The quantitative estimate of drug-likeness (QED) is 0.627. The molecule has 15 heavy (non-hydrogen) atoms. The summed E-state index contributed by atoms with van der Waals surface area (Å²) in [4.78, 5) is 12.9. The molecule has 0 aliphatic rings. The van der Waals surface area contributed by atoms with Crippen LogP contribution in [-0.4, -0.2) is 37.5 Å². The number of unbranched alkanes of at least 4 members (excludes halogenated alkanes) is 1. The molecule has 1 unspecified atom stereocenters. The summed E-state index contributed by atoms with van der Waals surface area (Å²) in [5.74, 6) is 0.220. The molecule has 0 heterocycles. The molecule has 1 amide bonds. The third kappa shape index (κ3) is 8.43. The van der Waals surface area contributed by atoms with Gasteiger partial charge in [0.1, 0.15) is 0 Å². The molecule has 0 saturated carbocycles. The van der Waals surface area contributed by atoms with Gasteiger partial charge in [-0.2, -0.15) is 0 Å². The van der Waals surface area contributed by atoms with Crippen molar-refractivity contribution < 1.29 is 4.79 Å². The van der Waals surface area contributed by atoms with Crippen molar-refractivity contribution in [3.63, 3.8) is 0 Å². The second-order valence-electron chi connectivity index (χ2n) is 4.39. The van der Waals surface area contributed by atoms with Crippen LogP contribution in [0.15, 0.2) is 0 Å². The van der Waals surface area contributed by atoms with Gasteiger partial charge in [0.25, 0.3) is 0 Å². The minimum Gasteiger partial charge on any atom is -0.349 e. The number of amides is 1. The van der Waals surface area contributed by atoms with E-state index in [0.717, 1.165) is 13.0 Å². The maximum Gasteiger partial charge on any atom is 0.222 e. The van der Waals surface area contributed by atoms with Gasteiger partial charge in [-0.05, 0) is 26.3 Å². The lowest BCUT2D eigenvalue weighted by Crippen LogP contribution is -2.28. The highest BCUT2D eigenvalue weighted by molar-refractivity contribution is 5.75. The smallest absolute Gasteiger partial charge is 0.222 e. The summed E-state index contributed by atoms with van der Waals surface area (Å²) in [7, 11) is 3.61. The number of nitrogens with zero attached hydrogens (tertiary/aromatic N) is 1. The number of hydrogen-bond acceptors (Lipinski definition) is 2. The molecule has 90 valence electrons. The van der Waals surface area contributed by atoms with Crippen LogP contribution in [0.1, 0.15) is 46.0 Å². The van der Waals surface area contributed by atoms with Gasteiger partial charge < -0.3 is 10.2 Å². The van der Waals surface area contributed by atoms with Gasteiger partial charge in [-0.15, -0.1) is 0 Å². The van der Waals surface area contributed by atoms with Gasteiger partial charge in [0.2, 0.25) is 5.91 Å². The predicted octanol–water partition coefficient (Wildman–Crippen LogP) is 2.02. The Hall–Kier alpha value is -0.570. The summed E-state index contributed by atoms with van der Waals surface area (Å²) in [6, 6.07) is 0.583. The second kappa shape index (κ2) is 8.72. The van der Waals surface area contributed by atoms with Crippen LogP contribution in [0, 0.1) is 0 Å². The molecule has 0 spiro atoms. The molecule has 3 heteroatoms. The summed E-state index contributed by atoms with van der Waals surface area (Å²) in [5, 5.41) is 3.44. The first-order valence-corrected chi connectivity index (χ1v) is 6.01. The highest BCUT2D eigenvalue weighted by atomic mass is 16.2. The van der Waals surface area contributed by atoms with Gasteiger partial charge in [-0.25, -0.2) is 0 Å². The van der Waals surface area contributed by atoms with E-state index in [4.69, 9.17) is 0 Å². The zero-order valence-corrected chi connectivity index (χ0v) is 10.7. The van der Waals surface area contributed by atoms with Crippen LogP contribution < -0.4 is 5.32 Å². The van der Waals surface area contributed by atoms with E-state index in [1.54, 1.807) is 19.0 Å². The number of nitrogens with one attached hydrogen (secondary N) is 1. The lowest BCUT2D eigenvalue weighted by molar-refractivity contribution is -0.128. The molecule has 3 nitrogen and oxygen atoms in total. The highest BCUT2D eigenvalue weighted by Gasteiger charge is 2.04. The lowest BCUT2D eigenvalue weighted by Gasteiger charge is -2.14. The molecule has 0 aromatic carbocycles. The lowest BCUT2D eigenvalue weighted by atomic mass is 10.1. The average molecular weight is 214 g/mol. The summed E-state index contributed by atoms with van der Waals surface area (Å²) in [6.07, 6.45) is 5.36. The van der Waals surface area contributed by atoms with Crippen LogP contribution in [-0.2, 0) is 4.79 Å². The van der Waals surface area contributed by atoms with Crippen molar-refractivity contribution in [3.05, 3.63) is 0 Å². The molecular weight excluding hydrogens is 188 g/mol. The third-order valence-electron chi connectivity index (χ3n) is 2.55. The Bertz CT molecular complexity index is 169. The summed E-state index contributed by atoms with van der Waals surface area (Å²) in [6.45, 7) is 5.37. The van der Waals surface area contributed by atoms with Gasteiger partial charge in [0.05, 0.1) is 0 Å².